The topological polar surface area (TPSA) is 111 Å². The van der Waals surface area contributed by atoms with Gasteiger partial charge in [-0.1, -0.05) is 0 Å². The van der Waals surface area contributed by atoms with Gasteiger partial charge in [0, 0.05) is 0 Å². The molecule has 0 aliphatic carbocycles. The quantitative estimate of drug-likeness (QED) is 0.789. The zero-order chi connectivity index (χ0) is 18.9. The summed E-state index contributed by atoms with van der Waals surface area (Å²) in [6.07, 6.45) is 0. The van der Waals surface area contributed by atoms with Gasteiger partial charge >= 0.3 is 5.97 Å². The van der Waals surface area contributed by atoms with Crippen LogP contribution in [0.1, 0.15) is 15.9 Å². The molecule has 0 spiro atoms. The van der Waals surface area contributed by atoms with E-state index in [0.29, 0.717) is 28.3 Å². The third-order valence-corrected chi connectivity index (χ3v) is 5.15. The molecule has 0 atom stereocenters. The van der Waals surface area contributed by atoms with Gasteiger partial charge in [0.05, 0.1) is 28.9 Å². The summed E-state index contributed by atoms with van der Waals surface area (Å²) in [5.41, 5.74) is 1.50. The second-order valence-electron chi connectivity index (χ2n) is 5.62. The van der Waals surface area contributed by atoms with E-state index < -0.39 is 16.0 Å². The third-order valence-electron chi connectivity index (χ3n) is 3.79. The summed E-state index contributed by atoms with van der Waals surface area (Å²) in [7, 11) is -2.63. The van der Waals surface area contributed by atoms with Gasteiger partial charge in [0.1, 0.15) is 5.75 Å². The molecule has 1 aliphatic heterocycles. The minimum absolute atomic E-state index is 0.0292. The number of methoxy groups -OCH3 is 1. The van der Waals surface area contributed by atoms with Gasteiger partial charge in [0.2, 0.25) is 0 Å². The van der Waals surface area contributed by atoms with Crippen molar-refractivity contribution in [3.05, 3.63) is 47.5 Å². The molecule has 0 unspecified atom stereocenters. The highest BCUT2D eigenvalue weighted by Crippen LogP contribution is 2.31. The van der Waals surface area contributed by atoms with Gasteiger partial charge in [-0.15, -0.1) is 0 Å². The number of anilines is 2. The van der Waals surface area contributed by atoms with Gasteiger partial charge in [-0.25, -0.2) is 13.2 Å². The molecule has 1 amide bonds. The van der Waals surface area contributed by atoms with E-state index >= 15 is 0 Å². The number of sulfonamides is 1. The minimum Gasteiger partial charge on any atom is -0.482 e. The second-order valence-corrected chi connectivity index (χ2v) is 7.30. The maximum Gasteiger partial charge on any atom is 0.337 e. The summed E-state index contributed by atoms with van der Waals surface area (Å²) in [6, 6.07) is 8.69. The summed E-state index contributed by atoms with van der Waals surface area (Å²) in [5, 5.41) is 2.57. The van der Waals surface area contributed by atoms with Crippen LogP contribution in [0.4, 0.5) is 11.4 Å². The lowest BCUT2D eigenvalue weighted by atomic mass is 10.1. The SMILES string of the molecule is COC(=O)c1ccc(NS(=O)(=O)c2ccc3c(c2)NC(=O)CO3)c(C)c1. The highest BCUT2D eigenvalue weighted by atomic mass is 32.2. The fourth-order valence-electron chi connectivity index (χ4n) is 2.46. The maximum absolute atomic E-state index is 12.6. The molecule has 2 aromatic carbocycles. The van der Waals surface area contributed by atoms with E-state index in [0.717, 1.165) is 0 Å². The van der Waals surface area contributed by atoms with Gasteiger partial charge < -0.3 is 14.8 Å². The summed E-state index contributed by atoms with van der Waals surface area (Å²) in [6.45, 7) is 1.56. The van der Waals surface area contributed by atoms with E-state index in [1.165, 1.54) is 43.5 Å². The van der Waals surface area contributed by atoms with Crippen molar-refractivity contribution in [2.75, 3.05) is 23.8 Å². The molecule has 26 heavy (non-hydrogen) atoms. The predicted octanol–water partition coefficient (Wildman–Crippen LogP) is 1.91. The molecule has 0 radical (unpaired) electrons. The Morgan fingerprint density at radius 3 is 2.69 bits per heavy atom. The average molecular weight is 376 g/mol. The number of benzene rings is 2. The van der Waals surface area contributed by atoms with Crippen LogP contribution in [-0.4, -0.2) is 34.0 Å². The van der Waals surface area contributed by atoms with Crippen LogP contribution in [0.2, 0.25) is 0 Å². The van der Waals surface area contributed by atoms with Gasteiger partial charge in [0.15, 0.2) is 6.61 Å². The van der Waals surface area contributed by atoms with Crippen molar-refractivity contribution in [2.45, 2.75) is 11.8 Å². The maximum atomic E-state index is 12.6. The van der Waals surface area contributed by atoms with E-state index in [1.807, 2.05) is 0 Å². The third kappa shape index (κ3) is 3.47. The van der Waals surface area contributed by atoms with Crippen LogP contribution in [0.25, 0.3) is 0 Å². The molecule has 1 aliphatic rings. The van der Waals surface area contributed by atoms with Gasteiger partial charge in [-0.05, 0) is 48.9 Å². The molecule has 0 saturated carbocycles. The van der Waals surface area contributed by atoms with Crippen LogP contribution >= 0.6 is 0 Å². The Balaban J connectivity index is 1.89. The normalized spacial score (nSPS) is 13.2. The molecular weight excluding hydrogens is 360 g/mol. The Kier molecular flexibility index (Phi) is 4.56. The molecule has 2 N–H and O–H groups in total. The summed E-state index contributed by atoms with van der Waals surface area (Å²) < 4.78 is 37.6. The van der Waals surface area contributed by atoms with Crippen LogP contribution in [0, 0.1) is 6.92 Å². The Labute approximate surface area is 150 Å². The molecule has 3 rings (SSSR count). The zero-order valence-electron chi connectivity index (χ0n) is 14.0. The van der Waals surface area contributed by atoms with E-state index in [9.17, 15) is 18.0 Å². The molecular formula is C17H16N2O6S. The first-order valence-corrected chi connectivity index (χ1v) is 9.07. The molecule has 0 bridgehead atoms. The van der Waals surface area contributed by atoms with Gasteiger partial charge in [-0.3, -0.25) is 9.52 Å². The van der Waals surface area contributed by atoms with Crippen molar-refractivity contribution < 1.29 is 27.5 Å². The monoisotopic (exact) mass is 376 g/mol. The highest BCUT2D eigenvalue weighted by Gasteiger charge is 2.21. The minimum atomic E-state index is -3.90. The fraction of sp³-hybridized carbons (Fsp3) is 0.176. The van der Waals surface area contributed by atoms with Crippen LogP contribution < -0.4 is 14.8 Å². The second kappa shape index (κ2) is 6.68. The first-order chi connectivity index (χ1) is 12.3. The lowest BCUT2D eigenvalue weighted by Gasteiger charge is -2.19. The number of esters is 1. The van der Waals surface area contributed by atoms with E-state index in [4.69, 9.17) is 4.74 Å². The molecule has 1 heterocycles. The van der Waals surface area contributed by atoms with Gasteiger partial charge in [0.25, 0.3) is 15.9 Å². The fourth-order valence-corrected chi connectivity index (χ4v) is 3.61. The molecule has 0 aromatic heterocycles. The lowest BCUT2D eigenvalue weighted by molar-refractivity contribution is -0.118. The molecule has 0 saturated heterocycles. The number of rotatable bonds is 4. The number of carbonyl (C=O) groups excluding carboxylic acids is 2. The number of fused-ring (bicyclic) bond motifs is 1. The molecule has 8 nitrogen and oxygen atoms in total. The molecule has 136 valence electrons. The Hall–Kier alpha value is -3.07. The largest absolute Gasteiger partial charge is 0.482 e. The first kappa shape index (κ1) is 17.7. The summed E-state index contributed by atoms with van der Waals surface area (Å²) in [4.78, 5) is 22.9. The number of amides is 1. The van der Waals surface area contributed by atoms with Crippen molar-refractivity contribution in [2.24, 2.45) is 0 Å². The van der Waals surface area contributed by atoms with Crippen molar-refractivity contribution in [1.82, 2.24) is 0 Å². The number of hydrogen-bond donors (Lipinski definition) is 2. The molecule has 0 fully saturated rings. The van der Waals surface area contributed by atoms with Crippen LogP contribution in [0.15, 0.2) is 41.3 Å². The summed E-state index contributed by atoms with van der Waals surface area (Å²) >= 11 is 0. The van der Waals surface area contributed by atoms with Crippen molar-refractivity contribution >= 4 is 33.3 Å². The Bertz CT molecular complexity index is 1000. The smallest absolute Gasteiger partial charge is 0.337 e. The van der Waals surface area contributed by atoms with Crippen LogP contribution in [-0.2, 0) is 19.6 Å². The van der Waals surface area contributed by atoms with Gasteiger partial charge in [-0.2, -0.15) is 0 Å². The Morgan fingerprint density at radius 1 is 1.23 bits per heavy atom. The van der Waals surface area contributed by atoms with E-state index in [2.05, 4.69) is 14.8 Å². The van der Waals surface area contributed by atoms with Crippen molar-refractivity contribution in [1.29, 1.82) is 0 Å². The number of hydrogen-bond acceptors (Lipinski definition) is 6. The number of nitrogens with one attached hydrogen (secondary N) is 2. The Morgan fingerprint density at radius 2 is 2.00 bits per heavy atom. The summed E-state index contributed by atoms with van der Waals surface area (Å²) in [5.74, 6) is -0.454. The van der Waals surface area contributed by atoms with Crippen LogP contribution in [0.3, 0.4) is 0 Å². The molecule has 9 heteroatoms. The zero-order valence-corrected chi connectivity index (χ0v) is 14.8. The molecule has 2 aromatic rings. The predicted molar refractivity (Wildman–Crippen MR) is 93.9 cm³/mol. The number of ether oxygens (including phenoxy) is 2. The van der Waals surface area contributed by atoms with Crippen molar-refractivity contribution in [3.8, 4) is 5.75 Å². The van der Waals surface area contributed by atoms with E-state index in [-0.39, 0.29) is 17.4 Å². The van der Waals surface area contributed by atoms with Crippen molar-refractivity contribution in [3.63, 3.8) is 0 Å². The number of carbonyl (C=O) groups is 2. The average Bonchev–Trinajstić information content (AvgIpc) is 2.61. The lowest BCUT2D eigenvalue weighted by Crippen LogP contribution is -2.25. The first-order valence-electron chi connectivity index (χ1n) is 7.58. The number of aryl methyl sites for hydroxylation is 1. The highest BCUT2D eigenvalue weighted by molar-refractivity contribution is 7.92. The standard InChI is InChI=1S/C17H16N2O6S/c1-10-7-11(17(21)24-2)3-5-13(10)19-26(22,23)12-4-6-15-14(8-12)18-16(20)9-25-15/h3-8,19H,9H2,1-2H3,(H,18,20). The van der Waals surface area contributed by atoms with E-state index in [1.54, 1.807) is 6.92 Å². The van der Waals surface area contributed by atoms with Crippen LogP contribution in [0.5, 0.6) is 5.75 Å².